The number of anilines is 1. The summed E-state index contributed by atoms with van der Waals surface area (Å²) < 4.78 is 5.11. The minimum atomic E-state index is -0.249. The molecule has 104 valence electrons. The number of rotatable bonds is 4. The van der Waals surface area contributed by atoms with Crippen LogP contribution in [0.4, 0.5) is 5.69 Å². The highest BCUT2D eigenvalue weighted by atomic mass is 16.5. The van der Waals surface area contributed by atoms with E-state index >= 15 is 0 Å². The molecule has 1 aromatic carbocycles. The molecule has 0 heterocycles. The molecule has 1 N–H and O–H groups in total. The Kier molecular flexibility index (Phi) is 4.13. The molecule has 3 heteroatoms. The van der Waals surface area contributed by atoms with Crippen LogP contribution in [0.3, 0.4) is 0 Å². The minimum Gasteiger partial charge on any atom is -0.462 e. The van der Waals surface area contributed by atoms with E-state index in [-0.39, 0.29) is 11.4 Å². The highest BCUT2D eigenvalue weighted by molar-refractivity contribution is 5.95. The van der Waals surface area contributed by atoms with Crippen molar-refractivity contribution in [1.82, 2.24) is 0 Å². The Labute approximate surface area is 115 Å². The van der Waals surface area contributed by atoms with Crippen molar-refractivity contribution >= 4 is 11.7 Å². The normalized spacial score (nSPS) is 21.1. The van der Waals surface area contributed by atoms with Crippen LogP contribution < -0.4 is 5.32 Å². The van der Waals surface area contributed by atoms with Crippen LogP contribution in [0.15, 0.2) is 24.3 Å². The zero-order valence-electron chi connectivity index (χ0n) is 12.0. The Balaban J connectivity index is 2.18. The van der Waals surface area contributed by atoms with Gasteiger partial charge in [-0.15, -0.1) is 0 Å². The molecule has 19 heavy (non-hydrogen) atoms. The number of esters is 1. The summed E-state index contributed by atoms with van der Waals surface area (Å²) in [7, 11) is 0. The Morgan fingerprint density at radius 2 is 2.16 bits per heavy atom. The third kappa shape index (κ3) is 3.09. The Morgan fingerprint density at radius 1 is 1.42 bits per heavy atom. The van der Waals surface area contributed by atoms with Crippen molar-refractivity contribution < 1.29 is 9.53 Å². The standard InChI is InChI=1S/C16H23NO2/c1-4-19-15(18)12-8-5-6-9-13(12)17-14-10-7-11-16(14,2)3/h5-6,8-9,14,17H,4,7,10-11H2,1-3H3. The van der Waals surface area contributed by atoms with Gasteiger partial charge in [-0.25, -0.2) is 4.79 Å². The van der Waals surface area contributed by atoms with Gasteiger partial charge >= 0.3 is 5.97 Å². The smallest absolute Gasteiger partial charge is 0.340 e. The fraction of sp³-hybridized carbons (Fsp3) is 0.562. The molecule has 3 nitrogen and oxygen atoms in total. The first-order valence-electron chi connectivity index (χ1n) is 7.07. The molecule has 1 atom stereocenters. The number of benzene rings is 1. The van der Waals surface area contributed by atoms with Crippen molar-refractivity contribution in [3.8, 4) is 0 Å². The van der Waals surface area contributed by atoms with E-state index in [0.29, 0.717) is 18.2 Å². The lowest BCUT2D eigenvalue weighted by Crippen LogP contribution is -2.31. The molecule has 0 bridgehead atoms. The predicted octanol–water partition coefficient (Wildman–Crippen LogP) is 3.85. The third-order valence-electron chi connectivity index (χ3n) is 4.01. The van der Waals surface area contributed by atoms with Crippen LogP contribution in [0, 0.1) is 5.41 Å². The number of ether oxygens (including phenoxy) is 1. The largest absolute Gasteiger partial charge is 0.462 e. The summed E-state index contributed by atoms with van der Waals surface area (Å²) in [5.74, 6) is -0.249. The molecule has 0 aromatic heterocycles. The maximum atomic E-state index is 11.9. The van der Waals surface area contributed by atoms with E-state index in [0.717, 1.165) is 12.1 Å². The fourth-order valence-electron chi connectivity index (χ4n) is 2.78. The first-order chi connectivity index (χ1) is 9.04. The molecule has 1 saturated carbocycles. The van der Waals surface area contributed by atoms with Gasteiger partial charge in [-0.1, -0.05) is 32.4 Å². The maximum Gasteiger partial charge on any atom is 0.340 e. The first kappa shape index (κ1) is 13.9. The lowest BCUT2D eigenvalue weighted by molar-refractivity contribution is 0.0527. The van der Waals surface area contributed by atoms with E-state index in [2.05, 4.69) is 19.2 Å². The van der Waals surface area contributed by atoms with Gasteiger partial charge in [-0.2, -0.15) is 0 Å². The molecule has 2 rings (SSSR count). The molecular weight excluding hydrogens is 238 g/mol. The Bertz CT molecular complexity index is 454. The maximum absolute atomic E-state index is 11.9. The quantitative estimate of drug-likeness (QED) is 0.836. The molecule has 1 aromatic rings. The summed E-state index contributed by atoms with van der Waals surface area (Å²) in [5.41, 5.74) is 1.80. The topological polar surface area (TPSA) is 38.3 Å². The van der Waals surface area contributed by atoms with Crippen LogP contribution in [0.25, 0.3) is 0 Å². The van der Waals surface area contributed by atoms with Gasteiger partial charge in [0.15, 0.2) is 0 Å². The van der Waals surface area contributed by atoms with Gasteiger partial charge in [0.1, 0.15) is 0 Å². The van der Waals surface area contributed by atoms with Crippen LogP contribution in [0.5, 0.6) is 0 Å². The lowest BCUT2D eigenvalue weighted by atomic mass is 9.87. The molecule has 0 radical (unpaired) electrons. The first-order valence-corrected chi connectivity index (χ1v) is 7.07. The van der Waals surface area contributed by atoms with Crippen molar-refractivity contribution in [2.24, 2.45) is 5.41 Å². The number of para-hydroxylation sites is 1. The Hall–Kier alpha value is -1.51. The highest BCUT2D eigenvalue weighted by Crippen LogP contribution is 2.39. The van der Waals surface area contributed by atoms with Crippen LogP contribution in [0.1, 0.15) is 50.4 Å². The van der Waals surface area contributed by atoms with Crippen LogP contribution in [-0.2, 0) is 4.74 Å². The summed E-state index contributed by atoms with van der Waals surface area (Å²) >= 11 is 0. The zero-order valence-corrected chi connectivity index (χ0v) is 12.0. The van der Waals surface area contributed by atoms with E-state index in [4.69, 9.17) is 4.74 Å². The summed E-state index contributed by atoms with van der Waals surface area (Å²) in [6.45, 7) is 6.80. The van der Waals surface area contributed by atoms with E-state index in [1.54, 1.807) is 0 Å². The monoisotopic (exact) mass is 261 g/mol. The van der Waals surface area contributed by atoms with E-state index < -0.39 is 0 Å². The van der Waals surface area contributed by atoms with E-state index in [1.807, 2.05) is 31.2 Å². The molecule has 0 amide bonds. The molecule has 1 unspecified atom stereocenters. The molecular formula is C16H23NO2. The van der Waals surface area contributed by atoms with Gasteiger partial charge in [0, 0.05) is 11.7 Å². The van der Waals surface area contributed by atoms with Gasteiger partial charge < -0.3 is 10.1 Å². The number of carbonyl (C=O) groups is 1. The SMILES string of the molecule is CCOC(=O)c1ccccc1NC1CCCC1(C)C. The predicted molar refractivity (Wildman–Crippen MR) is 77.4 cm³/mol. The summed E-state index contributed by atoms with van der Waals surface area (Å²) in [4.78, 5) is 11.9. The molecule has 0 spiro atoms. The van der Waals surface area contributed by atoms with Gasteiger partial charge in [-0.05, 0) is 37.3 Å². The Morgan fingerprint density at radius 3 is 2.79 bits per heavy atom. The molecule has 1 aliphatic rings. The van der Waals surface area contributed by atoms with Crippen LogP contribution in [0.2, 0.25) is 0 Å². The van der Waals surface area contributed by atoms with Gasteiger partial charge in [-0.3, -0.25) is 0 Å². The van der Waals surface area contributed by atoms with Crippen molar-refractivity contribution in [2.75, 3.05) is 11.9 Å². The highest BCUT2D eigenvalue weighted by Gasteiger charge is 2.34. The summed E-state index contributed by atoms with van der Waals surface area (Å²) in [5, 5.41) is 3.54. The van der Waals surface area contributed by atoms with Crippen molar-refractivity contribution in [1.29, 1.82) is 0 Å². The molecule has 0 saturated heterocycles. The molecule has 0 aliphatic heterocycles. The minimum absolute atomic E-state index is 0.249. The number of carbonyl (C=O) groups excluding carboxylic acids is 1. The molecule has 1 fully saturated rings. The molecule has 1 aliphatic carbocycles. The van der Waals surface area contributed by atoms with Crippen LogP contribution >= 0.6 is 0 Å². The van der Waals surface area contributed by atoms with Gasteiger partial charge in [0.2, 0.25) is 0 Å². The second-order valence-electron chi connectivity index (χ2n) is 5.84. The average molecular weight is 261 g/mol. The second-order valence-corrected chi connectivity index (χ2v) is 5.84. The summed E-state index contributed by atoms with van der Waals surface area (Å²) in [6.07, 6.45) is 3.63. The third-order valence-corrected chi connectivity index (χ3v) is 4.01. The van der Waals surface area contributed by atoms with E-state index in [9.17, 15) is 4.79 Å². The summed E-state index contributed by atoms with van der Waals surface area (Å²) in [6, 6.07) is 8.02. The lowest BCUT2D eigenvalue weighted by Gasteiger charge is -2.29. The van der Waals surface area contributed by atoms with E-state index in [1.165, 1.54) is 12.8 Å². The van der Waals surface area contributed by atoms with Crippen LogP contribution in [-0.4, -0.2) is 18.6 Å². The number of hydrogen-bond donors (Lipinski definition) is 1. The zero-order chi connectivity index (χ0) is 13.9. The van der Waals surface area contributed by atoms with Crippen molar-refractivity contribution in [3.63, 3.8) is 0 Å². The van der Waals surface area contributed by atoms with Crippen molar-refractivity contribution in [2.45, 2.75) is 46.1 Å². The van der Waals surface area contributed by atoms with Gasteiger partial charge in [0.05, 0.1) is 12.2 Å². The number of nitrogens with one attached hydrogen (secondary N) is 1. The van der Waals surface area contributed by atoms with Gasteiger partial charge in [0.25, 0.3) is 0 Å². The second kappa shape index (κ2) is 5.64. The van der Waals surface area contributed by atoms with Crippen molar-refractivity contribution in [3.05, 3.63) is 29.8 Å². The number of hydrogen-bond acceptors (Lipinski definition) is 3. The average Bonchev–Trinajstić information content (AvgIpc) is 2.70. The fourth-order valence-corrected chi connectivity index (χ4v) is 2.78.